The summed E-state index contributed by atoms with van der Waals surface area (Å²) in [5.74, 6) is 1.50. The monoisotopic (exact) mass is 442 g/mol. The molecule has 0 spiro atoms. The van der Waals surface area contributed by atoms with Crippen molar-refractivity contribution < 1.29 is 17.6 Å². The molecular weight excluding hydrogens is 421 g/mol. The molecule has 156 valence electrons. The lowest BCUT2D eigenvalue weighted by Gasteiger charge is -2.12. The van der Waals surface area contributed by atoms with Crippen LogP contribution in [0.3, 0.4) is 0 Å². The number of nitrogens with zero attached hydrogens (tertiary/aromatic N) is 2. The standard InChI is InChI=1S/C19H21F3N4OS2/c20-19(21,22)16-13-29-17(26-16)7-10-25-18(23-8-5-14-3-1-11-27-14)24-9-6-15-4-2-12-28-15/h1-4,11-13H,5-10H2,(H2,23,24,25). The normalized spacial score (nSPS) is 12.3. The first-order chi connectivity index (χ1) is 14.0. The summed E-state index contributed by atoms with van der Waals surface area (Å²) in [7, 11) is 0. The van der Waals surface area contributed by atoms with E-state index in [9.17, 15) is 13.2 Å². The van der Waals surface area contributed by atoms with Crippen molar-refractivity contribution in [2.75, 3.05) is 19.6 Å². The molecule has 0 saturated carbocycles. The number of thiazole rings is 1. The van der Waals surface area contributed by atoms with Crippen LogP contribution in [0.25, 0.3) is 0 Å². The molecule has 3 rings (SSSR count). The molecule has 0 bridgehead atoms. The van der Waals surface area contributed by atoms with Crippen molar-refractivity contribution in [2.24, 2.45) is 4.99 Å². The first-order valence-corrected chi connectivity index (χ1v) is 10.8. The predicted molar refractivity (Wildman–Crippen MR) is 110 cm³/mol. The quantitative estimate of drug-likeness (QED) is 0.381. The molecule has 0 atom stereocenters. The van der Waals surface area contributed by atoms with E-state index in [4.69, 9.17) is 4.42 Å². The Kier molecular flexibility index (Phi) is 7.70. The van der Waals surface area contributed by atoms with Gasteiger partial charge in [-0.1, -0.05) is 6.07 Å². The molecule has 10 heteroatoms. The SMILES string of the molecule is FC(F)(F)c1csc(CCN=C(NCCc2ccco2)NCCc2cccs2)n1. The molecule has 0 radical (unpaired) electrons. The second kappa shape index (κ2) is 10.4. The van der Waals surface area contributed by atoms with Crippen LogP contribution in [0.5, 0.6) is 0 Å². The van der Waals surface area contributed by atoms with Crippen molar-refractivity contribution in [1.29, 1.82) is 0 Å². The highest BCUT2D eigenvalue weighted by Gasteiger charge is 2.33. The van der Waals surface area contributed by atoms with Gasteiger partial charge in [0.15, 0.2) is 11.7 Å². The number of rotatable bonds is 9. The minimum atomic E-state index is -4.40. The Morgan fingerprint density at radius 1 is 1.07 bits per heavy atom. The van der Waals surface area contributed by atoms with E-state index in [1.165, 1.54) is 4.88 Å². The Hall–Kier alpha value is -2.33. The fourth-order valence-corrected chi connectivity index (χ4v) is 4.01. The number of furan rings is 1. The summed E-state index contributed by atoms with van der Waals surface area (Å²) in [6.07, 6.45) is -0.832. The van der Waals surface area contributed by atoms with Gasteiger partial charge in [0, 0.05) is 42.7 Å². The van der Waals surface area contributed by atoms with Crippen molar-refractivity contribution in [3.63, 3.8) is 0 Å². The van der Waals surface area contributed by atoms with Gasteiger partial charge in [-0.05, 0) is 30.0 Å². The van der Waals surface area contributed by atoms with Gasteiger partial charge >= 0.3 is 6.18 Å². The van der Waals surface area contributed by atoms with E-state index in [1.807, 2.05) is 23.6 Å². The summed E-state index contributed by atoms with van der Waals surface area (Å²) in [5.41, 5.74) is -0.840. The molecule has 0 fully saturated rings. The average Bonchev–Trinajstić information content (AvgIpc) is 3.43. The highest BCUT2D eigenvalue weighted by molar-refractivity contribution is 7.10. The number of hydrogen-bond donors (Lipinski definition) is 2. The minimum absolute atomic E-state index is 0.347. The first-order valence-electron chi connectivity index (χ1n) is 9.09. The van der Waals surface area contributed by atoms with Gasteiger partial charge in [-0.3, -0.25) is 4.99 Å². The van der Waals surface area contributed by atoms with Crippen LogP contribution in [0, 0.1) is 0 Å². The van der Waals surface area contributed by atoms with E-state index in [2.05, 4.69) is 26.7 Å². The van der Waals surface area contributed by atoms with Crippen LogP contribution in [-0.2, 0) is 25.4 Å². The highest BCUT2D eigenvalue weighted by Crippen LogP contribution is 2.30. The van der Waals surface area contributed by atoms with E-state index in [0.29, 0.717) is 43.4 Å². The van der Waals surface area contributed by atoms with Gasteiger partial charge in [0.05, 0.1) is 11.3 Å². The van der Waals surface area contributed by atoms with Crippen LogP contribution in [0.2, 0.25) is 0 Å². The largest absolute Gasteiger partial charge is 0.469 e. The van der Waals surface area contributed by atoms with Crippen LogP contribution in [0.4, 0.5) is 13.2 Å². The third kappa shape index (κ3) is 7.21. The maximum absolute atomic E-state index is 12.7. The van der Waals surface area contributed by atoms with Gasteiger partial charge in [-0.2, -0.15) is 13.2 Å². The van der Waals surface area contributed by atoms with Crippen LogP contribution in [0.15, 0.2) is 50.7 Å². The molecule has 0 saturated heterocycles. The molecular formula is C19H21F3N4OS2. The summed E-state index contributed by atoms with van der Waals surface area (Å²) in [6, 6.07) is 7.84. The Labute approximate surface area is 174 Å². The fourth-order valence-electron chi connectivity index (χ4n) is 2.51. The lowest BCUT2D eigenvalue weighted by molar-refractivity contribution is -0.140. The number of thiophene rings is 1. The van der Waals surface area contributed by atoms with Gasteiger partial charge in [-0.15, -0.1) is 22.7 Å². The molecule has 3 aromatic rings. The van der Waals surface area contributed by atoms with Crippen molar-refractivity contribution in [3.05, 3.63) is 62.6 Å². The van der Waals surface area contributed by atoms with Crippen molar-refractivity contribution in [3.8, 4) is 0 Å². The number of nitrogens with one attached hydrogen (secondary N) is 2. The third-order valence-electron chi connectivity index (χ3n) is 3.93. The van der Waals surface area contributed by atoms with Gasteiger partial charge in [0.25, 0.3) is 0 Å². The number of aromatic nitrogens is 1. The van der Waals surface area contributed by atoms with Crippen LogP contribution >= 0.6 is 22.7 Å². The Morgan fingerprint density at radius 3 is 2.55 bits per heavy atom. The molecule has 3 heterocycles. The summed E-state index contributed by atoms with van der Waals surface area (Å²) >= 11 is 2.71. The molecule has 3 aromatic heterocycles. The molecule has 0 unspecified atom stereocenters. The van der Waals surface area contributed by atoms with Gasteiger partial charge in [0.1, 0.15) is 5.76 Å². The van der Waals surface area contributed by atoms with Gasteiger partial charge in [0.2, 0.25) is 0 Å². The molecule has 0 aliphatic rings. The molecule has 0 aliphatic heterocycles. The van der Waals surface area contributed by atoms with Crippen LogP contribution in [0.1, 0.15) is 21.3 Å². The molecule has 0 aromatic carbocycles. The minimum Gasteiger partial charge on any atom is -0.469 e. The molecule has 0 aliphatic carbocycles. The summed E-state index contributed by atoms with van der Waals surface area (Å²) in [5, 5.41) is 10.0. The molecule has 5 nitrogen and oxygen atoms in total. The fraction of sp³-hybridized carbons (Fsp3) is 0.368. The maximum Gasteiger partial charge on any atom is 0.434 e. The van der Waals surface area contributed by atoms with Crippen molar-refractivity contribution in [1.82, 2.24) is 15.6 Å². The zero-order valence-electron chi connectivity index (χ0n) is 15.5. The smallest absolute Gasteiger partial charge is 0.434 e. The van der Waals surface area contributed by atoms with E-state index >= 15 is 0 Å². The Morgan fingerprint density at radius 2 is 1.90 bits per heavy atom. The maximum atomic E-state index is 12.7. The second-order valence-corrected chi connectivity index (χ2v) is 8.09. The van der Waals surface area contributed by atoms with Crippen molar-refractivity contribution >= 4 is 28.6 Å². The third-order valence-corrected chi connectivity index (χ3v) is 5.77. The number of aliphatic imine (C=N–C) groups is 1. The average molecular weight is 443 g/mol. The lowest BCUT2D eigenvalue weighted by Crippen LogP contribution is -2.39. The summed E-state index contributed by atoms with van der Waals surface area (Å²) in [4.78, 5) is 9.40. The van der Waals surface area contributed by atoms with E-state index in [0.717, 1.165) is 28.9 Å². The zero-order chi connectivity index (χ0) is 20.5. The van der Waals surface area contributed by atoms with E-state index in [1.54, 1.807) is 17.6 Å². The number of hydrogen-bond acceptors (Lipinski definition) is 5. The topological polar surface area (TPSA) is 62.5 Å². The number of halogens is 3. The number of alkyl halides is 3. The van der Waals surface area contributed by atoms with Crippen LogP contribution in [-0.4, -0.2) is 30.6 Å². The van der Waals surface area contributed by atoms with Gasteiger partial charge in [-0.25, -0.2) is 4.98 Å². The zero-order valence-corrected chi connectivity index (χ0v) is 17.2. The predicted octanol–water partition coefficient (Wildman–Crippen LogP) is 4.38. The Bertz CT molecular complexity index is 832. The second-order valence-electron chi connectivity index (χ2n) is 6.12. The highest BCUT2D eigenvalue weighted by atomic mass is 32.1. The number of guanidine groups is 1. The van der Waals surface area contributed by atoms with Crippen molar-refractivity contribution in [2.45, 2.75) is 25.4 Å². The first kappa shape index (κ1) is 21.4. The van der Waals surface area contributed by atoms with E-state index < -0.39 is 11.9 Å². The summed E-state index contributed by atoms with van der Waals surface area (Å²) in [6.45, 7) is 1.69. The summed E-state index contributed by atoms with van der Waals surface area (Å²) < 4.78 is 43.3. The lowest BCUT2D eigenvalue weighted by atomic mass is 10.3. The Balaban J connectivity index is 1.51. The van der Waals surface area contributed by atoms with E-state index in [-0.39, 0.29) is 0 Å². The molecule has 29 heavy (non-hydrogen) atoms. The van der Waals surface area contributed by atoms with Gasteiger partial charge < -0.3 is 15.1 Å². The molecule has 2 N–H and O–H groups in total. The van der Waals surface area contributed by atoms with Crippen LogP contribution < -0.4 is 10.6 Å². The molecule has 0 amide bonds.